The molecule has 0 aliphatic heterocycles. The maximum absolute atomic E-state index is 12.9. The molecule has 0 radical (unpaired) electrons. The van der Waals surface area contributed by atoms with Crippen molar-refractivity contribution in [3.8, 4) is 11.3 Å². The first kappa shape index (κ1) is 16.7. The van der Waals surface area contributed by atoms with E-state index in [-0.39, 0.29) is 10.5 Å². The van der Waals surface area contributed by atoms with Crippen LogP contribution in [0.1, 0.15) is 41.4 Å². The zero-order valence-corrected chi connectivity index (χ0v) is 14.9. The standard InChI is InChI=1S/C20H21NO2S/c1-14-8-7-11-18(12-14)15(2)24(22)16(3)20-21-13-19(23-20)17-9-5-4-6-10-17/h4-13,15-16H,1-3H3/t15-,16-,24-/m0/s1. The molecule has 0 amide bonds. The van der Waals surface area contributed by atoms with Crippen LogP contribution in [0.3, 0.4) is 0 Å². The predicted octanol–water partition coefficient (Wildman–Crippen LogP) is 5.22. The summed E-state index contributed by atoms with van der Waals surface area (Å²) in [6.07, 6.45) is 1.70. The summed E-state index contributed by atoms with van der Waals surface area (Å²) in [5.74, 6) is 1.23. The molecule has 3 nitrogen and oxygen atoms in total. The van der Waals surface area contributed by atoms with Crippen molar-refractivity contribution in [2.24, 2.45) is 0 Å². The van der Waals surface area contributed by atoms with Gasteiger partial charge >= 0.3 is 0 Å². The molecule has 3 atom stereocenters. The lowest BCUT2D eigenvalue weighted by Crippen LogP contribution is -2.10. The molecule has 2 aromatic carbocycles. The normalized spacial score (nSPS) is 15.0. The van der Waals surface area contributed by atoms with Crippen LogP contribution in [0.25, 0.3) is 11.3 Å². The molecule has 0 aliphatic carbocycles. The summed E-state index contributed by atoms with van der Waals surface area (Å²) in [6, 6.07) is 18.0. The van der Waals surface area contributed by atoms with Gasteiger partial charge in [-0.3, -0.25) is 4.21 Å². The van der Waals surface area contributed by atoms with Crippen LogP contribution in [-0.2, 0) is 10.8 Å². The average molecular weight is 339 g/mol. The topological polar surface area (TPSA) is 43.1 Å². The quantitative estimate of drug-likeness (QED) is 0.640. The Balaban J connectivity index is 1.80. The molecule has 1 aromatic heterocycles. The Morgan fingerprint density at radius 2 is 1.75 bits per heavy atom. The fourth-order valence-corrected chi connectivity index (χ4v) is 4.01. The summed E-state index contributed by atoms with van der Waals surface area (Å²) in [6.45, 7) is 5.94. The summed E-state index contributed by atoms with van der Waals surface area (Å²) in [7, 11) is -1.12. The minimum atomic E-state index is -1.12. The summed E-state index contributed by atoms with van der Waals surface area (Å²) in [5.41, 5.74) is 3.22. The second-order valence-corrected chi connectivity index (χ2v) is 8.03. The Morgan fingerprint density at radius 1 is 1.00 bits per heavy atom. The number of hydrogen-bond donors (Lipinski definition) is 0. The molecule has 3 rings (SSSR count). The summed E-state index contributed by atoms with van der Waals surface area (Å²) >= 11 is 0. The lowest BCUT2D eigenvalue weighted by Gasteiger charge is -2.16. The van der Waals surface area contributed by atoms with Gasteiger partial charge in [0.25, 0.3) is 0 Å². The first-order valence-corrected chi connectivity index (χ1v) is 9.31. The Labute approximate surface area is 145 Å². The molecule has 0 unspecified atom stereocenters. The third-order valence-electron chi connectivity index (χ3n) is 4.14. The predicted molar refractivity (Wildman–Crippen MR) is 98.1 cm³/mol. The highest BCUT2D eigenvalue weighted by Crippen LogP contribution is 2.31. The van der Waals surface area contributed by atoms with Crippen LogP contribution in [0.15, 0.2) is 65.2 Å². The van der Waals surface area contributed by atoms with Gasteiger partial charge in [-0.1, -0.05) is 60.2 Å². The van der Waals surface area contributed by atoms with E-state index in [1.165, 1.54) is 5.56 Å². The number of aromatic nitrogens is 1. The lowest BCUT2D eigenvalue weighted by atomic mass is 10.1. The van der Waals surface area contributed by atoms with Crippen molar-refractivity contribution in [1.29, 1.82) is 0 Å². The van der Waals surface area contributed by atoms with E-state index in [2.05, 4.69) is 11.1 Å². The number of hydrogen-bond acceptors (Lipinski definition) is 3. The summed E-state index contributed by atoms with van der Waals surface area (Å²) in [4.78, 5) is 4.35. The number of rotatable bonds is 5. The van der Waals surface area contributed by atoms with Crippen LogP contribution < -0.4 is 0 Å². The highest BCUT2D eigenvalue weighted by molar-refractivity contribution is 7.85. The van der Waals surface area contributed by atoms with E-state index in [1.807, 2.05) is 69.3 Å². The van der Waals surface area contributed by atoms with Crippen LogP contribution in [0.2, 0.25) is 0 Å². The van der Waals surface area contributed by atoms with Gasteiger partial charge in [0.15, 0.2) is 5.76 Å². The van der Waals surface area contributed by atoms with E-state index < -0.39 is 10.8 Å². The number of oxazole rings is 1. The zero-order chi connectivity index (χ0) is 17.1. The fourth-order valence-electron chi connectivity index (χ4n) is 2.67. The summed E-state index contributed by atoms with van der Waals surface area (Å²) < 4.78 is 18.8. The molecule has 24 heavy (non-hydrogen) atoms. The fraction of sp³-hybridized carbons (Fsp3) is 0.250. The average Bonchev–Trinajstić information content (AvgIpc) is 3.10. The van der Waals surface area contributed by atoms with Crippen LogP contribution in [0, 0.1) is 6.92 Å². The maximum atomic E-state index is 12.9. The summed E-state index contributed by atoms with van der Waals surface area (Å²) in [5, 5.41) is -0.343. The van der Waals surface area contributed by atoms with Gasteiger partial charge in [-0.25, -0.2) is 4.98 Å². The van der Waals surface area contributed by atoms with Crippen LogP contribution in [0.5, 0.6) is 0 Å². The van der Waals surface area contributed by atoms with Crippen molar-refractivity contribution in [3.05, 3.63) is 77.8 Å². The lowest BCUT2D eigenvalue weighted by molar-refractivity contribution is 0.504. The van der Waals surface area contributed by atoms with Gasteiger partial charge in [-0.2, -0.15) is 0 Å². The molecule has 1 heterocycles. The SMILES string of the molecule is Cc1cccc([C@H](C)[S@](=O)[C@@H](C)c2ncc(-c3ccccc3)o2)c1. The first-order chi connectivity index (χ1) is 11.6. The molecule has 0 N–H and O–H groups in total. The number of benzene rings is 2. The van der Waals surface area contributed by atoms with Crippen LogP contribution in [-0.4, -0.2) is 9.19 Å². The van der Waals surface area contributed by atoms with Gasteiger partial charge in [0.1, 0.15) is 5.25 Å². The molecule has 0 saturated heterocycles. The van der Waals surface area contributed by atoms with Gasteiger partial charge < -0.3 is 4.42 Å². The van der Waals surface area contributed by atoms with Gasteiger partial charge in [-0.05, 0) is 26.3 Å². The molecular formula is C20H21NO2S. The molecule has 0 fully saturated rings. The number of nitrogens with zero attached hydrogens (tertiary/aromatic N) is 1. The van der Waals surface area contributed by atoms with E-state index in [1.54, 1.807) is 6.20 Å². The third-order valence-corrected chi connectivity index (χ3v) is 6.01. The zero-order valence-electron chi connectivity index (χ0n) is 14.1. The molecule has 0 saturated carbocycles. The van der Waals surface area contributed by atoms with Crippen molar-refractivity contribution < 1.29 is 8.63 Å². The molecular weight excluding hydrogens is 318 g/mol. The molecule has 0 bridgehead atoms. The smallest absolute Gasteiger partial charge is 0.210 e. The van der Waals surface area contributed by atoms with E-state index in [0.29, 0.717) is 11.7 Å². The molecule has 4 heteroatoms. The Morgan fingerprint density at radius 3 is 2.46 bits per heavy atom. The first-order valence-electron chi connectivity index (χ1n) is 8.03. The maximum Gasteiger partial charge on any atom is 0.210 e. The number of aryl methyl sites for hydroxylation is 1. The van der Waals surface area contributed by atoms with Gasteiger partial charge in [0.05, 0.1) is 11.4 Å². The van der Waals surface area contributed by atoms with Gasteiger partial charge in [-0.15, -0.1) is 0 Å². The molecule has 0 aliphatic rings. The van der Waals surface area contributed by atoms with Gasteiger partial charge in [0, 0.05) is 16.4 Å². The van der Waals surface area contributed by atoms with E-state index in [4.69, 9.17) is 4.42 Å². The minimum absolute atomic E-state index is 0.0769. The second-order valence-electron chi connectivity index (χ2n) is 5.96. The Kier molecular flexibility index (Phi) is 4.95. The van der Waals surface area contributed by atoms with E-state index in [0.717, 1.165) is 11.1 Å². The van der Waals surface area contributed by atoms with E-state index >= 15 is 0 Å². The molecule has 0 spiro atoms. The van der Waals surface area contributed by atoms with Crippen molar-refractivity contribution in [2.75, 3.05) is 0 Å². The highest BCUT2D eigenvalue weighted by atomic mass is 32.2. The minimum Gasteiger partial charge on any atom is -0.439 e. The highest BCUT2D eigenvalue weighted by Gasteiger charge is 2.25. The van der Waals surface area contributed by atoms with Crippen LogP contribution in [0.4, 0.5) is 0 Å². The van der Waals surface area contributed by atoms with Crippen molar-refractivity contribution >= 4 is 10.8 Å². The van der Waals surface area contributed by atoms with E-state index in [9.17, 15) is 4.21 Å². The second kappa shape index (κ2) is 7.14. The molecule has 124 valence electrons. The Bertz CT molecular complexity index is 842. The third kappa shape index (κ3) is 3.49. The van der Waals surface area contributed by atoms with Crippen molar-refractivity contribution in [1.82, 2.24) is 4.98 Å². The molecule has 3 aromatic rings. The van der Waals surface area contributed by atoms with Crippen molar-refractivity contribution in [2.45, 2.75) is 31.3 Å². The largest absolute Gasteiger partial charge is 0.439 e. The van der Waals surface area contributed by atoms with Crippen LogP contribution >= 0.6 is 0 Å². The Hall–Kier alpha value is -2.20. The monoisotopic (exact) mass is 339 g/mol. The van der Waals surface area contributed by atoms with Gasteiger partial charge in [0.2, 0.25) is 5.89 Å². The van der Waals surface area contributed by atoms with Crippen molar-refractivity contribution in [3.63, 3.8) is 0 Å².